The van der Waals surface area contributed by atoms with Gasteiger partial charge in [0.05, 0.1) is 6.54 Å². The summed E-state index contributed by atoms with van der Waals surface area (Å²) in [4.78, 5) is 28.5. The first-order chi connectivity index (χ1) is 13.9. The van der Waals surface area contributed by atoms with Crippen molar-refractivity contribution in [3.05, 3.63) is 63.8 Å². The lowest BCUT2D eigenvalue weighted by Crippen LogP contribution is -2.33. The standard InChI is InChI=1S/C24H27N3O2/c1-14-10-15(2)23(16(3)11-14)27-22(28)13-25-24(29)17-8-9-21-19(12-17)18-6-4-5-7-20(18)26-21/h8-12,26H,4-7,13H2,1-3H3,(H,25,29)(H,27,28). The molecular weight excluding hydrogens is 362 g/mol. The van der Waals surface area contributed by atoms with Gasteiger partial charge >= 0.3 is 0 Å². The molecule has 1 heterocycles. The molecule has 0 unspecified atom stereocenters. The molecule has 5 heteroatoms. The number of fused-ring (bicyclic) bond motifs is 3. The van der Waals surface area contributed by atoms with Gasteiger partial charge in [-0.15, -0.1) is 0 Å². The number of carbonyl (C=O) groups excluding carboxylic acids is 2. The highest BCUT2D eigenvalue weighted by molar-refractivity contribution is 6.02. The summed E-state index contributed by atoms with van der Waals surface area (Å²) < 4.78 is 0. The molecule has 5 nitrogen and oxygen atoms in total. The Morgan fingerprint density at radius 1 is 1.00 bits per heavy atom. The summed E-state index contributed by atoms with van der Waals surface area (Å²) in [6.07, 6.45) is 4.53. The Kier molecular flexibility index (Phi) is 5.14. The molecule has 0 spiro atoms. The fourth-order valence-corrected chi connectivity index (χ4v) is 4.37. The van der Waals surface area contributed by atoms with Gasteiger partial charge in [0.1, 0.15) is 0 Å². The van der Waals surface area contributed by atoms with Gasteiger partial charge in [0.2, 0.25) is 5.91 Å². The van der Waals surface area contributed by atoms with E-state index in [9.17, 15) is 9.59 Å². The van der Waals surface area contributed by atoms with Crippen molar-refractivity contribution in [2.75, 3.05) is 11.9 Å². The molecular formula is C24H27N3O2. The maximum atomic E-state index is 12.6. The second-order valence-corrected chi connectivity index (χ2v) is 8.05. The van der Waals surface area contributed by atoms with Crippen LogP contribution in [0.2, 0.25) is 0 Å². The van der Waals surface area contributed by atoms with Crippen molar-refractivity contribution >= 4 is 28.4 Å². The Bertz CT molecular complexity index is 1090. The van der Waals surface area contributed by atoms with Gasteiger partial charge in [0, 0.05) is 27.8 Å². The SMILES string of the molecule is Cc1cc(C)c(NC(=O)CNC(=O)c2ccc3[nH]c4c(c3c2)CCCC4)c(C)c1. The number of amides is 2. The Morgan fingerprint density at radius 3 is 2.48 bits per heavy atom. The first-order valence-electron chi connectivity index (χ1n) is 10.2. The van der Waals surface area contributed by atoms with E-state index in [0.717, 1.165) is 46.1 Å². The average Bonchev–Trinajstić information content (AvgIpc) is 3.06. The quantitative estimate of drug-likeness (QED) is 0.621. The summed E-state index contributed by atoms with van der Waals surface area (Å²) in [7, 11) is 0. The van der Waals surface area contributed by atoms with Gasteiger partial charge in [-0.05, 0) is 81.3 Å². The minimum atomic E-state index is -0.231. The fourth-order valence-electron chi connectivity index (χ4n) is 4.37. The van der Waals surface area contributed by atoms with Crippen molar-refractivity contribution in [1.29, 1.82) is 0 Å². The third-order valence-electron chi connectivity index (χ3n) is 5.71. The summed E-state index contributed by atoms with van der Waals surface area (Å²) >= 11 is 0. The number of aromatic nitrogens is 1. The van der Waals surface area contributed by atoms with Crippen molar-refractivity contribution in [3.63, 3.8) is 0 Å². The van der Waals surface area contributed by atoms with Crippen molar-refractivity contribution in [3.8, 4) is 0 Å². The van der Waals surface area contributed by atoms with E-state index in [1.165, 1.54) is 24.1 Å². The molecule has 3 aromatic rings. The summed E-state index contributed by atoms with van der Waals surface area (Å²) in [6.45, 7) is 5.92. The second-order valence-electron chi connectivity index (χ2n) is 8.05. The van der Waals surface area contributed by atoms with Crippen LogP contribution in [0.15, 0.2) is 30.3 Å². The number of carbonyl (C=O) groups is 2. The Balaban J connectivity index is 1.44. The molecule has 29 heavy (non-hydrogen) atoms. The van der Waals surface area contributed by atoms with Gasteiger partial charge in [-0.2, -0.15) is 0 Å². The molecule has 0 fully saturated rings. The minimum Gasteiger partial charge on any atom is -0.358 e. The molecule has 0 atom stereocenters. The molecule has 0 saturated heterocycles. The van der Waals surface area contributed by atoms with Crippen LogP contribution in [0.5, 0.6) is 0 Å². The molecule has 0 bridgehead atoms. The highest BCUT2D eigenvalue weighted by atomic mass is 16.2. The highest BCUT2D eigenvalue weighted by Gasteiger charge is 2.17. The van der Waals surface area contributed by atoms with Crippen LogP contribution < -0.4 is 10.6 Å². The molecule has 4 rings (SSSR count). The first kappa shape index (κ1) is 19.2. The minimum absolute atomic E-state index is 0.0606. The van der Waals surface area contributed by atoms with E-state index >= 15 is 0 Å². The van der Waals surface area contributed by atoms with Crippen LogP contribution in [-0.2, 0) is 17.6 Å². The van der Waals surface area contributed by atoms with Crippen LogP contribution in [-0.4, -0.2) is 23.3 Å². The molecule has 3 N–H and O–H groups in total. The van der Waals surface area contributed by atoms with E-state index in [-0.39, 0.29) is 18.4 Å². The molecule has 1 aliphatic rings. The predicted molar refractivity (Wildman–Crippen MR) is 117 cm³/mol. The van der Waals surface area contributed by atoms with E-state index in [1.54, 1.807) is 0 Å². The van der Waals surface area contributed by atoms with E-state index in [2.05, 4.69) is 15.6 Å². The van der Waals surface area contributed by atoms with Gasteiger partial charge < -0.3 is 15.6 Å². The van der Waals surface area contributed by atoms with Crippen molar-refractivity contribution < 1.29 is 9.59 Å². The maximum absolute atomic E-state index is 12.6. The molecule has 0 saturated carbocycles. The molecule has 2 amide bonds. The Morgan fingerprint density at radius 2 is 1.72 bits per heavy atom. The van der Waals surface area contributed by atoms with Crippen LogP contribution in [0.3, 0.4) is 0 Å². The molecule has 0 aliphatic heterocycles. The summed E-state index contributed by atoms with van der Waals surface area (Å²) in [5, 5.41) is 6.79. The summed E-state index contributed by atoms with van der Waals surface area (Å²) in [6, 6.07) is 9.78. The number of rotatable bonds is 4. The summed E-state index contributed by atoms with van der Waals surface area (Å²) in [5.41, 5.74) is 8.31. The Labute approximate surface area is 170 Å². The number of H-pyrrole nitrogens is 1. The van der Waals surface area contributed by atoms with Crippen LogP contribution >= 0.6 is 0 Å². The van der Waals surface area contributed by atoms with Gasteiger partial charge in [-0.3, -0.25) is 9.59 Å². The van der Waals surface area contributed by atoms with Gasteiger partial charge in [0.25, 0.3) is 5.91 Å². The normalized spacial score (nSPS) is 13.2. The number of hydrogen-bond acceptors (Lipinski definition) is 2. The number of aryl methyl sites for hydroxylation is 5. The van der Waals surface area contributed by atoms with E-state index in [1.807, 2.05) is 51.1 Å². The van der Waals surface area contributed by atoms with E-state index in [0.29, 0.717) is 5.56 Å². The average molecular weight is 389 g/mol. The van der Waals surface area contributed by atoms with Crippen LogP contribution in [0, 0.1) is 20.8 Å². The van der Waals surface area contributed by atoms with Crippen LogP contribution in [0.25, 0.3) is 10.9 Å². The number of benzene rings is 2. The lowest BCUT2D eigenvalue weighted by molar-refractivity contribution is -0.115. The largest absolute Gasteiger partial charge is 0.358 e. The van der Waals surface area contributed by atoms with E-state index < -0.39 is 0 Å². The van der Waals surface area contributed by atoms with Gasteiger partial charge in [-0.1, -0.05) is 17.7 Å². The Hall–Kier alpha value is -3.08. The first-order valence-corrected chi connectivity index (χ1v) is 10.2. The van der Waals surface area contributed by atoms with Crippen molar-refractivity contribution in [1.82, 2.24) is 10.3 Å². The lowest BCUT2D eigenvalue weighted by atomic mass is 9.95. The number of nitrogens with one attached hydrogen (secondary N) is 3. The third kappa shape index (κ3) is 3.90. The fraction of sp³-hybridized carbons (Fsp3) is 0.333. The zero-order valence-electron chi connectivity index (χ0n) is 17.2. The number of anilines is 1. The summed E-state index contributed by atoms with van der Waals surface area (Å²) in [5.74, 6) is -0.460. The highest BCUT2D eigenvalue weighted by Crippen LogP contribution is 2.29. The molecule has 1 aromatic heterocycles. The molecule has 1 aliphatic carbocycles. The topological polar surface area (TPSA) is 74.0 Å². The van der Waals surface area contributed by atoms with Crippen LogP contribution in [0.1, 0.15) is 51.1 Å². The monoisotopic (exact) mass is 389 g/mol. The van der Waals surface area contributed by atoms with E-state index in [4.69, 9.17) is 0 Å². The van der Waals surface area contributed by atoms with Crippen molar-refractivity contribution in [2.24, 2.45) is 0 Å². The predicted octanol–water partition coefficient (Wildman–Crippen LogP) is 4.34. The zero-order chi connectivity index (χ0) is 20.5. The second kappa shape index (κ2) is 7.74. The third-order valence-corrected chi connectivity index (χ3v) is 5.71. The lowest BCUT2D eigenvalue weighted by Gasteiger charge is -2.13. The number of aromatic amines is 1. The smallest absolute Gasteiger partial charge is 0.251 e. The maximum Gasteiger partial charge on any atom is 0.251 e. The van der Waals surface area contributed by atoms with Crippen molar-refractivity contribution in [2.45, 2.75) is 46.5 Å². The van der Waals surface area contributed by atoms with Gasteiger partial charge in [-0.25, -0.2) is 0 Å². The number of hydrogen-bond donors (Lipinski definition) is 3. The van der Waals surface area contributed by atoms with Crippen LogP contribution in [0.4, 0.5) is 5.69 Å². The molecule has 0 radical (unpaired) electrons. The molecule has 150 valence electrons. The zero-order valence-corrected chi connectivity index (χ0v) is 17.2. The van der Waals surface area contributed by atoms with Gasteiger partial charge in [0.15, 0.2) is 0 Å². The molecule has 2 aromatic carbocycles.